The molecule has 0 heterocycles. The molecule has 0 aromatic heterocycles. The van der Waals surface area contributed by atoms with Gasteiger partial charge in [0, 0.05) is 45.2 Å². The Morgan fingerprint density at radius 1 is 1.44 bits per heavy atom. The van der Waals surface area contributed by atoms with E-state index in [2.05, 4.69) is 5.32 Å². The minimum absolute atomic E-state index is 0.0847. The molecule has 1 aromatic rings. The molecular weight excluding hydrogens is 232 g/mol. The van der Waals surface area contributed by atoms with Crippen LogP contribution in [-0.2, 0) is 11.3 Å². The molecule has 2 N–H and O–H groups in total. The van der Waals surface area contributed by atoms with Gasteiger partial charge in [-0.1, -0.05) is 6.07 Å². The van der Waals surface area contributed by atoms with Crippen LogP contribution in [0.5, 0.6) is 11.5 Å². The number of carbonyl (C=O) groups is 1. The Labute approximate surface area is 107 Å². The van der Waals surface area contributed by atoms with Gasteiger partial charge < -0.3 is 20.1 Å². The first-order chi connectivity index (χ1) is 8.54. The van der Waals surface area contributed by atoms with Crippen molar-refractivity contribution in [3.05, 3.63) is 23.8 Å². The third-order valence-electron chi connectivity index (χ3n) is 2.62. The second-order valence-corrected chi connectivity index (χ2v) is 4.21. The van der Waals surface area contributed by atoms with Crippen LogP contribution in [0.4, 0.5) is 0 Å². The summed E-state index contributed by atoms with van der Waals surface area (Å²) in [6, 6.07) is 5.17. The molecule has 1 aromatic carbocycles. The fourth-order valence-corrected chi connectivity index (χ4v) is 1.46. The van der Waals surface area contributed by atoms with Crippen molar-refractivity contribution in [2.45, 2.75) is 13.0 Å². The van der Waals surface area contributed by atoms with Crippen LogP contribution < -0.4 is 10.1 Å². The van der Waals surface area contributed by atoms with E-state index >= 15 is 0 Å². The van der Waals surface area contributed by atoms with Gasteiger partial charge in [-0.05, 0) is 6.07 Å². The maximum atomic E-state index is 11.3. The second kappa shape index (κ2) is 6.86. The molecule has 0 fully saturated rings. The Kier molecular flexibility index (Phi) is 5.45. The molecule has 0 bridgehead atoms. The summed E-state index contributed by atoms with van der Waals surface area (Å²) in [5, 5.41) is 12.8. The average molecular weight is 252 g/mol. The molecule has 5 nitrogen and oxygen atoms in total. The van der Waals surface area contributed by atoms with E-state index in [1.807, 2.05) is 0 Å². The van der Waals surface area contributed by atoms with Crippen LogP contribution in [0.25, 0.3) is 0 Å². The number of methoxy groups -OCH3 is 1. The van der Waals surface area contributed by atoms with Crippen molar-refractivity contribution < 1.29 is 14.6 Å². The summed E-state index contributed by atoms with van der Waals surface area (Å²) < 4.78 is 5.00. The lowest BCUT2D eigenvalue weighted by molar-refractivity contribution is -0.128. The second-order valence-electron chi connectivity index (χ2n) is 4.21. The lowest BCUT2D eigenvalue weighted by Gasteiger charge is -2.11. The fourth-order valence-electron chi connectivity index (χ4n) is 1.46. The van der Waals surface area contributed by atoms with Gasteiger partial charge in [-0.25, -0.2) is 0 Å². The SMILES string of the molecule is COc1ccc(CNCCC(=O)N(C)C)c(O)c1. The molecule has 0 aliphatic heterocycles. The number of carbonyl (C=O) groups excluding carboxylic acids is 1. The van der Waals surface area contributed by atoms with Gasteiger partial charge in [0.2, 0.25) is 5.91 Å². The normalized spacial score (nSPS) is 10.2. The fraction of sp³-hybridized carbons (Fsp3) is 0.462. The predicted octanol–water partition coefficient (Wildman–Crippen LogP) is 0.969. The number of amides is 1. The van der Waals surface area contributed by atoms with Crippen molar-refractivity contribution in [3.8, 4) is 11.5 Å². The van der Waals surface area contributed by atoms with Crippen molar-refractivity contribution in [2.75, 3.05) is 27.7 Å². The van der Waals surface area contributed by atoms with Gasteiger partial charge in [0.15, 0.2) is 0 Å². The van der Waals surface area contributed by atoms with E-state index in [-0.39, 0.29) is 11.7 Å². The van der Waals surface area contributed by atoms with Gasteiger partial charge in [0.05, 0.1) is 7.11 Å². The van der Waals surface area contributed by atoms with Gasteiger partial charge in [-0.15, -0.1) is 0 Å². The van der Waals surface area contributed by atoms with Gasteiger partial charge >= 0.3 is 0 Å². The van der Waals surface area contributed by atoms with Crippen LogP contribution in [0.1, 0.15) is 12.0 Å². The molecule has 0 saturated heterocycles. The number of phenolic OH excluding ortho intramolecular Hbond substituents is 1. The summed E-state index contributed by atoms with van der Waals surface area (Å²) in [6.07, 6.45) is 0.448. The zero-order valence-electron chi connectivity index (χ0n) is 11.1. The van der Waals surface area contributed by atoms with E-state index in [1.54, 1.807) is 44.3 Å². The standard InChI is InChI=1S/C13H20N2O3/c1-15(2)13(17)6-7-14-9-10-4-5-11(18-3)8-12(10)16/h4-5,8,14,16H,6-7,9H2,1-3H3. The summed E-state index contributed by atoms with van der Waals surface area (Å²) in [5.74, 6) is 0.904. The number of hydrogen-bond acceptors (Lipinski definition) is 4. The molecule has 0 atom stereocenters. The quantitative estimate of drug-likeness (QED) is 0.741. The topological polar surface area (TPSA) is 61.8 Å². The molecule has 100 valence electrons. The smallest absolute Gasteiger partial charge is 0.223 e. The van der Waals surface area contributed by atoms with Gasteiger partial charge in [-0.2, -0.15) is 0 Å². The van der Waals surface area contributed by atoms with Gasteiger partial charge in [-0.3, -0.25) is 4.79 Å². The molecule has 0 radical (unpaired) electrons. The highest BCUT2D eigenvalue weighted by Gasteiger charge is 2.05. The Morgan fingerprint density at radius 3 is 2.72 bits per heavy atom. The number of rotatable bonds is 6. The van der Waals surface area contributed by atoms with E-state index < -0.39 is 0 Å². The van der Waals surface area contributed by atoms with Crippen LogP contribution in [0, 0.1) is 0 Å². The lowest BCUT2D eigenvalue weighted by atomic mass is 10.2. The first kappa shape index (κ1) is 14.3. The van der Waals surface area contributed by atoms with Crippen molar-refractivity contribution in [1.29, 1.82) is 0 Å². The van der Waals surface area contributed by atoms with E-state index in [4.69, 9.17) is 4.74 Å². The number of phenols is 1. The van der Waals surface area contributed by atoms with Crippen LogP contribution in [0.3, 0.4) is 0 Å². The van der Waals surface area contributed by atoms with Gasteiger partial charge in [0.1, 0.15) is 11.5 Å². The number of aromatic hydroxyl groups is 1. The minimum Gasteiger partial charge on any atom is -0.507 e. The van der Waals surface area contributed by atoms with E-state index in [0.717, 1.165) is 5.56 Å². The third-order valence-corrected chi connectivity index (χ3v) is 2.62. The minimum atomic E-state index is 0.0847. The van der Waals surface area contributed by atoms with Crippen LogP contribution in [-0.4, -0.2) is 43.7 Å². The lowest BCUT2D eigenvalue weighted by Crippen LogP contribution is -2.26. The van der Waals surface area contributed by atoms with E-state index in [1.165, 1.54) is 0 Å². The average Bonchev–Trinajstić information content (AvgIpc) is 2.35. The molecule has 0 aliphatic carbocycles. The highest BCUT2D eigenvalue weighted by molar-refractivity contribution is 5.75. The van der Waals surface area contributed by atoms with Crippen LogP contribution in [0.15, 0.2) is 18.2 Å². The molecule has 0 unspecified atom stereocenters. The number of nitrogens with one attached hydrogen (secondary N) is 1. The summed E-state index contributed by atoms with van der Waals surface area (Å²) in [6.45, 7) is 1.11. The monoisotopic (exact) mass is 252 g/mol. The molecule has 5 heteroatoms. The summed E-state index contributed by atoms with van der Waals surface area (Å²) in [5.41, 5.74) is 0.785. The zero-order chi connectivity index (χ0) is 13.5. The Balaban J connectivity index is 2.38. The number of hydrogen-bond donors (Lipinski definition) is 2. The zero-order valence-corrected chi connectivity index (χ0v) is 11.1. The first-order valence-corrected chi connectivity index (χ1v) is 5.81. The highest BCUT2D eigenvalue weighted by Crippen LogP contribution is 2.22. The molecule has 18 heavy (non-hydrogen) atoms. The number of ether oxygens (including phenoxy) is 1. The van der Waals surface area contributed by atoms with Crippen LogP contribution in [0.2, 0.25) is 0 Å². The summed E-state index contributed by atoms with van der Waals surface area (Å²) in [7, 11) is 5.02. The third kappa shape index (κ3) is 4.25. The molecule has 0 spiro atoms. The highest BCUT2D eigenvalue weighted by atomic mass is 16.5. The molecule has 0 saturated carbocycles. The Morgan fingerprint density at radius 2 is 2.17 bits per heavy atom. The summed E-state index contributed by atoms with van der Waals surface area (Å²) >= 11 is 0. The Hall–Kier alpha value is -1.75. The predicted molar refractivity (Wildman–Crippen MR) is 69.7 cm³/mol. The van der Waals surface area contributed by atoms with E-state index in [0.29, 0.717) is 25.3 Å². The Bertz CT molecular complexity index is 405. The summed E-state index contributed by atoms with van der Waals surface area (Å²) in [4.78, 5) is 12.9. The first-order valence-electron chi connectivity index (χ1n) is 5.81. The number of nitrogens with zero attached hydrogens (tertiary/aromatic N) is 1. The number of benzene rings is 1. The van der Waals surface area contributed by atoms with Crippen molar-refractivity contribution in [3.63, 3.8) is 0 Å². The maximum absolute atomic E-state index is 11.3. The van der Waals surface area contributed by atoms with Gasteiger partial charge in [0.25, 0.3) is 0 Å². The van der Waals surface area contributed by atoms with E-state index in [9.17, 15) is 9.90 Å². The maximum Gasteiger partial charge on any atom is 0.223 e. The van der Waals surface area contributed by atoms with Crippen molar-refractivity contribution in [1.82, 2.24) is 10.2 Å². The molecule has 1 rings (SSSR count). The largest absolute Gasteiger partial charge is 0.507 e. The van der Waals surface area contributed by atoms with Crippen LogP contribution >= 0.6 is 0 Å². The molecular formula is C13H20N2O3. The molecule has 1 amide bonds. The van der Waals surface area contributed by atoms with Crippen molar-refractivity contribution >= 4 is 5.91 Å². The molecule has 0 aliphatic rings. The van der Waals surface area contributed by atoms with Crippen molar-refractivity contribution in [2.24, 2.45) is 0 Å².